The SMILES string of the molecule is Cc1c(S(=O)(=O)O)c2c(n1-c1ccc(Cl)cc1)CC(C)(C)CC2=O. The number of aromatic nitrogens is 1. The summed E-state index contributed by atoms with van der Waals surface area (Å²) in [5, 5.41) is 0.559. The molecule has 1 heterocycles. The number of carbonyl (C=O) groups is 1. The second kappa shape index (κ2) is 5.44. The first-order chi connectivity index (χ1) is 11.0. The van der Waals surface area contributed by atoms with Crippen molar-refractivity contribution in [2.24, 2.45) is 5.41 Å². The molecule has 0 bridgehead atoms. The number of nitrogens with zero attached hydrogens (tertiary/aromatic N) is 1. The molecule has 1 N–H and O–H groups in total. The van der Waals surface area contributed by atoms with Gasteiger partial charge in [0.25, 0.3) is 10.1 Å². The van der Waals surface area contributed by atoms with Crippen molar-refractivity contribution in [1.82, 2.24) is 4.57 Å². The van der Waals surface area contributed by atoms with E-state index in [2.05, 4.69) is 0 Å². The van der Waals surface area contributed by atoms with Crippen LogP contribution in [0.3, 0.4) is 0 Å². The maximum Gasteiger partial charge on any atom is 0.297 e. The Morgan fingerprint density at radius 1 is 1.17 bits per heavy atom. The van der Waals surface area contributed by atoms with Crippen molar-refractivity contribution in [1.29, 1.82) is 0 Å². The first-order valence-corrected chi connectivity index (χ1v) is 9.34. The first kappa shape index (κ1) is 17.2. The lowest BCUT2D eigenvalue weighted by Gasteiger charge is -2.30. The van der Waals surface area contributed by atoms with E-state index in [1.807, 2.05) is 13.8 Å². The minimum absolute atomic E-state index is 0.115. The number of fused-ring (bicyclic) bond motifs is 1. The number of Topliss-reactive ketones (excluding diaryl/α,β-unsaturated/α-hetero) is 1. The Balaban J connectivity index is 2.39. The minimum Gasteiger partial charge on any atom is -0.316 e. The molecule has 0 aliphatic heterocycles. The summed E-state index contributed by atoms with van der Waals surface area (Å²) in [6, 6.07) is 6.92. The summed E-state index contributed by atoms with van der Waals surface area (Å²) in [5.41, 5.74) is 1.48. The molecule has 128 valence electrons. The predicted octanol–water partition coefficient (Wildman–Crippen LogP) is 3.84. The topological polar surface area (TPSA) is 76.4 Å². The minimum atomic E-state index is -4.51. The van der Waals surface area contributed by atoms with Gasteiger partial charge in [-0.25, -0.2) is 0 Å². The van der Waals surface area contributed by atoms with Crippen LogP contribution in [-0.4, -0.2) is 23.3 Å². The van der Waals surface area contributed by atoms with Crippen molar-refractivity contribution in [3.8, 4) is 5.69 Å². The Morgan fingerprint density at radius 3 is 2.29 bits per heavy atom. The van der Waals surface area contributed by atoms with Crippen molar-refractivity contribution in [2.45, 2.75) is 38.5 Å². The van der Waals surface area contributed by atoms with Crippen LogP contribution in [0.2, 0.25) is 5.02 Å². The number of carbonyl (C=O) groups excluding carboxylic acids is 1. The maximum atomic E-state index is 12.6. The van der Waals surface area contributed by atoms with Crippen LogP contribution < -0.4 is 0 Å². The highest BCUT2D eigenvalue weighted by Crippen LogP contribution is 2.41. The van der Waals surface area contributed by atoms with Crippen molar-refractivity contribution in [3.63, 3.8) is 0 Å². The molecule has 1 aliphatic rings. The van der Waals surface area contributed by atoms with Gasteiger partial charge in [0.2, 0.25) is 0 Å². The fourth-order valence-corrected chi connectivity index (χ4v) is 4.56. The van der Waals surface area contributed by atoms with Crippen LogP contribution in [0.25, 0.3) is 5.69 Å². The molecule has 7 heteroatoms. The van der Waals surface area contributed by atoms with Crippen LogP contribution in [0.5, 0.6) is 0 Å². The Bertz CT molecular complexity index is 940. The molecule has 3 rings (SSSR count). The third-order valence-corrected chi connectivity index (χ3v) is 5.62. The molecule has 0 fully saturated rings. The van der Waals surface area contributed by atoms with Crippen LogP contribution in [0, 0.1) is 12.3 Å². The van der Waals surface area contributed by atoms with Crippen LogP contribution in [0.15, 0.2) is 29.2 Å². The molecule has 0 saturated carbocycles. The molecule has 1 aromatic heterocycles. The standard InChI is InChI=1S/C17H18ClNO4S/c1-10-16(24(21,22)23)15-13(8-17(2,3)9-14(15)20)19(10)12-6-4-11(18)5-7-12/h4-7H,8-9H2,1-3H3,(H,21,22,23). The number of halogens is 1. The van der Waals surface area contributed by atoms with Gasteiger partial charge in [-0.05, 0) is 43.0 Å². The van der Waals surface area contributed by atoms with Crippen molar-refractivity contribution in [3.05, 3.63) is 46.2 Å². The lowest BCUT2D eigenvalue weighted by atomic mass is 9.76. The normalized spacial score (nSPS) is 17.0. The van der Waals surface area contributed by atoms with Gasteiger partial charge in [0, 0.05) is 28.5 Å². The summed E-state index contributed by atoms with van der Waals surface area (Å²) < 4.78 is 35.2. The maximum absolute atomic E-state index is 12.6. The Labute approximate surface area is 146 Å². The van der Waals surface area contributed by atoms with Gasteiger partial charge in [0.1, 0.15) is 4.90 Å². The van der Waals surface area contributed by atoms with E-state index in [-0.39, 0.29) is 28.1 Å². The van der Waals surface area contributed by atoms with E-state index in [0.717, 1.165) is 0 Å². The summed E-state index contributed by atoms with van der Waals surface area (Å²) in [6.07, 6.45) is 0.777. The van der Waals surface area contributed by atoms with Gasteiger partial charge in [0.05, 0.1) is 5.56 Å². The highest BCUT2D eigenvalue weighted by molar-refractivity contribution is 7.86. The molecular formula is C17H18ClNO4S. The van der Waals surface area contributed by atoms with Gasteiger partial charge < -0.3 is 4.57 Å². The van der Waals surface area contributed by atoms with E-state index in [4.69, 9.17) is 11.6 Å². The van der Waals surface area contributed by atoms with E-state index in [0.29, 0.717) is 28.5 Å². The molecule has 0 radical (unpaired) electrons. The zero-order valence-corrected chi connectivity index (χ0v) is 15.2. The smallest absolute Gasteiger partial charge is 0.297 e. The third kappa shape index (κ3) is 2.79. The average Bonchev–Trinajstić information content (AvgIpc) is 2.71. The molecule has 0 amide bonds. The van der Waals surface area contributed by atoms with Gasteiger partial charge >= 0.3 is 0 Å². The number of rotatable bonds is 2. The molecule has 0 saturated heterocycles. The van der Waals surface area contributed by atoms with Crippen molar-refractivity contribution >= 4 is 27.5 Å². The van der Waals surface area contributed by atoms with E-state index >= 15 is 0 Å². The number of ketones is 1. The highest BCUT2D eigenvalue weighted by Gasteiger charge is 2.40. The van der Waals surface area contributed by atoms with Gasteiger partial charge in [0.15, 0.2) is 5.78 Å². The zero-order chi connectivity index (χ0) is 17.9. The van der Waals surface area contributed by atoms with Crippen LogP contribution in [0.4, 0.5) is 0 Å². The van der Waals surface area contributed by atoms with E-state index < -0.39 is 10.1 Å². The van der Waals surface area contributed by atoms with Crippen molar-refractivity contribution in [2.75, 3.05) is 0 Å². The van der Waals surface area contributed by atoms with Gasteiger partial charge in [-0.2, -0.15) is 8.42 Å². The summed E-state index contributed by atoms with van der Waals surface area (Å²) >= 11 is 5.93. The summed E-state index contributed by atoms with van der Waals surface area (Å²) in [5.74, 6) is -0.260. The quantitative estimate of drug-likeness (QED) is 0.818. The summed E-state index contributed by atoms with van der Waals surface area (Å²) in [4.78, 5) is 12.3. The molecule has 0 unspecified atom stereocenters. The monoisotopic (exact) mass is 367 g/mol. The van der Waals surface area contributed by atoms with Gasteiger partial charge in [-0.3, -0.25) is 9.35 Å². The second-order valence-electron chi connectivity index (χ2n) is 6.96. The average molecular weight is 368 g/mol. The van der Waals surface area contributed by atoms with Gasteiger partial charge in [-0.1, -0.05) is 25.4 Å². The zero-order valence-electron chi connectivity index (χ0n) is 13.6. The van der Waals surface area contributed by atoms with Gasteiger partial charge in [-0.15, -0.1) is 0 Å². The number of hydrogen-bond donors (Lipinski definition) is 1. The summed E-state index contributed by atoms with van der Waals surface area (Å²) in [7, 11) is -4.51. The Kier molecular flexibility index (Phi) is 3.90. The lowest BCUT2D eigenvalue weighted by molar-refractivity contribution is 0.0907. The molecule has 1 aromatic carbocycles. The molecule has 0 atom stereocenters. The Hall–Kier alpha value is -1.63. The fourth-order valence-electron chi connectivity index (χ4n) is 3.48. The molecule has 2 aromatic rings. The predicted molar refractivity (Wildman–Crippen MR) is 91.8 cm³/mol. The molecule has 24 heavy (non-hydrogen) atoms. The number of benzene rings is 1. The fraction of sp³-hybridized carbons (Fsp3) is 0.353. The van der Waals surface area contributed by atoms with Crippen molar-refractivity contribution < 1.29 is 17.8 Å². The second-order valence-corrected chi connectivity index (χ2v) is 8.76. The largest absolute Gasteiger partial charge is 0.316 e. The number of hydrogen-bond acceptors (Lipinski definition) is 3. The van der Waals surface area contributed by atoms with Crippen LogP contribution in [-0.2, 0) is 16.5 Å². The van der Waals surface area contributed by atoms with E-state index in [1.165, 1.54) is 0 Å². The van der Waals surface area contributed by atoms with E-state index in [9.17, 15) is 17.8 Å². The molecule has 0 spiro atoms. The molecule has 1 aliphatic carbocycles. The van der Waals surface area contributed by atoms with Crippen LogP contribution in [0.1, 0.15) is 42.0 Å². The third-order valence-electron chi connectivity index (χ3n) is 4.36. The molecule has 5 nitrogen and oxygen atoms in total. The van der Waals surface area contributed by atoms with E-state index in [1.54, 1.807) is 35.8 Å². The summed E-state index contributed by atoms with van der Waals surface area (Å²) in [6.45, 7) is 5.53. The highest BCUT2D eigenvalue weighted by atomic mass is 35.5. The molecular weight excluding hydrogens is 350 g/mol. The first-order valence-electron chi connectivity index (χ1n) is 7.52. The van der Waals surface area contributed by atoms with Crippen LogP contribution >= 0.6 is 11.6 Å². The Morgan fingerprint density at radius 2 is 1.75 bits per heavy atom. The lowest BCUT2D eigenvalue weighted by Crippen LogP contribution is -2.28.